The Morgan fingerprint density at radius 3 is 2.76 bits per heavy atom. The van der Waals surface area contributed by atoms with Crippen LogP contribution in [0.3, 0.4) is 0 Å². The van der Waals surface area contributed by atoms with Crippen molar-refractivity contribution in [1.82, 2.24) is 9.97 Å². The van der Waals surface area contributed by atoms with Gasteiger partial charge in [0.1, 0.15) is 10.2 Å². The Hall–Kier alpha value is -1.76. The van der Waals surface area contributed by atoms with Crippen molar-refractivity contribution in [2.45, 2.75) is 0 Å². The molecule has 0 saturated heterocycles. The topological polar surface area (TPSA) is 55.0 Å². The molecule has 0 atom stereocenters. The highest BCUT2D eigenvalue weighted by molar-refractivity contribution is 9.10. The van der Waals surface area contributed by atoms with E-state index in [0.29, 0.717) is 0 Å². The molecule has 0 fully saturated rings. The summed E-state index contributed by atoms with van der Waals surface area (Å²) in [5.41, 5.74) is -0.433. The van der Waals surface area contributed by atoms with E-state index in [1.54, 1.807) is 0 Å². The van der Waals surface area contributed by atoms with E-state index >= 15 is 0 Å². The number of hydrogen-bond donors (Lipinski definition) is 1. The van der Waals surface area contributed by atoms with Gasteiger partial charge in [0.2, 0.25) is 5.88 Å². The lowest BCUT2D eigenvalue weighted by molar-refractivity contribution is 0.443. The van der Waals surface area contributed by atoms with Crippen LogP contribution in [0.25, 0.3) is 0 Å². The number of nitrogens with one attached hydrogen (secondary N) is 1. The van der Waals surface area contributed by atoms with E-state index in [2.05, 4.69) is 25.9 Å². The highest BCUT2D eigenvalue weighted by atomic mass is 79.9. The van der Waals surface area contributed by atoms with Crippen LogP contribution in [-0.4, -0.2) is 9.97 Å². The molecule has 88 valence electrons. The van der Waals surface area contributed by atoms with Gasteiger partial charge in [-0.2, -0.15) is 0 Å². The fourth-order valence-electron chi connectivity index (χ4n) is 1.09. The van der Waals surface area contributed by atoms with Crippen LogP contribution >= 0.6 is 15.9 Å². The maximum absolute atomic E-state index is 12.9. The van der Waals surface area contributed by atoms with Crippen molar-refractivity contribution in [2.24, 2.45) is 0 Å². The molecule has 1 aromatic heterocycles. The zero-order chi connectivity index (χ0) is 12.4. The maximum atomic E-state index is 12.9. The van der Waals surface area contributed by atoms with Crippen LogP contribution in [0, 0.1) is 11.6 Å². The molecule has 2 aromatic rings. The first-order chi connectivity index (χ1) is 8.08. The number of halogens is 3. The van der Waals surface area contributed by atoms with Crippen LogP contribution < -0.4 is 10.3 Å². The predicted octanol–water partition coefficient (Wildman–Crippen LogP) is 2.60. The molecule has 0 spiro atoms. The third-order valence-electron chi connectivity index (χ3n) is 1.87. The number of aromatic nitrogens is 2. The quantitative estimate of drug-likeness (QED) is 0.928. The van der Waals surface area contributed by atoms with Gasteiger partial charge in [-0.3, -0.25) is 4.79 Å². The lowest BCUT2D eigenvalue weighted by Gasteiger charge is -2.05. The second-order valence-electron chi connectivity index (χ2n) is 3.03. The molecule has 0 aliphatic carbocycles. The van der Waals surface area contributed by atoms with E-state index in [-0.39, 0.29) is 16.1 Å². The highest BCUT2D eigenvalue weighted by Gasteiger charge is 2.09. The van der Waals surface area contributed by atoms with Gasteiger partial charge in [0, 0.05) is 6.07 Å². The number of benzene rings is 1. The van der Waals surface area contributed by atoms with Crippen molar-refractivity contribution in [2.75, 3.05) is 0 Å². The fraction of sp³-hybridized carbons (Fsp3) is 0. The first-order valence-corrected chi connectivity index (χ1v) is 5.23. The summed E-state index contributed by atoms with van der Waals surface area (Å²) in [7, 11) is 0. The summed E-state index contributed by atoms with van der Waals surface area (Å²) >= 11 is 2.97. The average molecular weight is 303 g/mol. The monoisotopic (exact) mass is 302 g/mol. The zero-order valence-electron chi connectivity index (χ0n) is 8.21. The van der Waals surface area contributed by atoms with E-state index in [9.17, 15) is 13.6 Å². The van der Waals surface area contributed by atoms with Gasteiger partial charge in [-0.05, 0) is 28.1 Å². The van der Waals surface area contributed by atoms with Crippen molar-refractivity contribution >= 4 is 15.9 Å². The van der Waals surface area contributed by atoms with Gasteiger partial charge < -0.3 is 9.72 Å². The molecule has 0 radical (unpaired) electrons. The van der Waals surface area contributed by atoms with E-state index in [1.807, 2.05) is 0 Å². The van der Waals surface area contributed by atoms with Gasteiger partial charge in [-0.25, -0.2) is 13.8 Å². The molecule has 0 saturated carbocycles. The van der Waals surface area contributed by atoms with E-state index in [0.717, 1.165) is 18.5 Å². The molecule has 0 amide bonds. The zero-order valence-corrected chi connectivity index (χ0v) is 9.79. The molecule has 2 rings (SSSR count). The number of rotatable bonds is 2. The Morgan fingerprint density at radius 1 is 1.29 bits per heavy atom. The highest BCUT2D eigenvalue weighted by Crippen LogP contribution is 2.25. The van der Waals surface area contributed by atoms with Gasteiger partial charge in [-0.1, -0.05) is 0 Å². The van der Waals surface area contributed by atoms with Crippen molar-refractivity contribution in [3.05, 3.63) is 51.0 Å². The molecule has 4 nitrogen and oxygen atoms in total. The van der Waals surface area contributed by atoms with E-state index in [4.69, 9.17) is 4.74 Å². The normalized spacial score (nSPS) is 10.3. The van der Waals surface area contributed by atoms with Crippen LogP contribution in [0.5, 0.6) is 11.6 Å². The lowest BCUT2D eigenvalue weighted by Crippen LogP contribution is -2.08. The minimum Gasteiger partial charge on any atom is -0.437 e. The van der Waals surface area contributed by atoms with E-state index < -0.39 is 17.2 Å². The van der Waals surface area contributed by atoms with Gasteiger partial charge in [0.05, 0.1) is 6.33 Å². The van der Waals surface area contributed by atoms with Crippen LogP contribution in [0.15, 0.2) is 33.8 Å². The third kappa shape index (κ3) is 2.50. The SMILES string of the molecule is O=c1[nH]cnc(Oc2ccc(F)c(F)c2)c1Br. The number of hydrogen-bond acceptors (Lipinski definition) is 3. The third-order valence-corrected chi connectivity index (χ3v) is 2.57. The molecule has 0 aliphatic heterocycles. The van der Waals surface area contributed by atoms with Gasteiger partial charge in [0.15, 0.2) is 11.6 Å². The molecule has 7 heteroatoms. The summed E-state index contributed by atoms with van der Waals surface area (Å²) < 4.78 is 30.8. The Kier molecular flexibility index (Phi) is 3.19. The van der Waals surface area contributed by atoms with Crippen LogP contribution in [0.1, 0.15) is 0 Å². The second-order valence-corrected chi connectivity index (χ2v) is 3.82. The van der Waals surface area contributed by atoms with Gasteiger partial charge in [0.25, 0.3) is 5.56 Å². The standard InChI is InChI=1S/C10H5BrF2N2O2/c11-8-9(16)14-4-15-10(8)17-5-1-2-6(12)7(13)3-5/h1-4H,(H,14,15,16). The molecular weight excluding hydrogens is 298 g/mol. The molecular formula is C10H5BrF2N2O2. The number of H-pyrrole nitrogens is 1. The largest absolute Gasteiger partial charge is 0.437 e. The summed E-state index contributed by atoms with van der Waals surface area (Å²) in [6.07, 6.45) is 1.14. The lowest BCUT2D eigenvalue weighted by atomic mass is 10.3. The van der Waals surface area contributed by atoms with Crippen LogP contribution in [-0.2, 0) is 0 Å². The Labute approximate surface area is 102 Å². The summed E-state index contributed by atoms with van der Waals surface area (Å²) in [6, 6.07) is 3.02. The average Bonchev–Trinajstić information content (AvgIpc) is 2.30. The first-order valence-electron chi connectivity index (χ1n) is 4.44. The summed E-state index contributed by atoms with van der Waals surface area (Å²) in [6.45, 7) is 0. The smallest absolute Gasteiger partial charge is 0.268 e. The molecule has 0 bridgehead atoms. The molecule has 1 aromatic carbocycles. The van der Waals surface area contributed by atoms with Crippen LogP contribution in [0.2, 0.25) is 0 Å². The minimum atomic E-state index is -1.04. The number of nitrogens with zero attached hydrogens (tertiary/aromatic N) is 1. The minimum absolute atomic E-state index is 0.0280. The summed E-state index contributed by atoms with van der Waals surface area (Å²) in [4.78, 5) is 17.3. The molecule has 1 heterocycles. The first kappa shape index (κ1) is 11.7. The number of ether oxygens (including phenoxy) is 1. The van der Waals surface area contributed by atoms with Crippen molar-refractivity contribution in [1.29, 1.82) is 0 Å². The summed E-state index contributed by atoms with van der Waals surface area (Å²) in [5, 5.41) is 0. The van der Waals surface area contributed by atoms with Gasteiger partial charge >= 0.3 is 0 Å². The van der Waals surface area contributed by atoms with Crippen LogP contribution in [0.4, 0.5) is 8.78 Å². The molecule has 17 heavy (non-hydrogen) atoms. The Bertz CT molecular complexity index is 615. The predicted molar refractivity (Wildman–Crippen MR) is 59.0 cm³/mol. The Balaban J connectivity index is 2.35. The van der Waals surface area contributed by atoms with E-state index in [1.165, 1.54) is 6.07 Å². The molecule has 0 unspecified atom stereocenters. The fourth-order valence-corrected chi connectivity index (χ4v) is 1.39. The summed E-state index contributed by atoms with van der Waals surface area (Å²) in [5.74, 6) is -2.00. The van der Waals surface area contributed by atoms with Gasteiger partial charge in [-0.15, -0.1) is 0 Å². The Morgan fingerprint density at radius 2 is 2.06 bits per heavy atom. The molecule has 1 N–H and O–H groups in total. The van der Waals surface area contributed by atoms with Crippen molar-refractivity contribution in [3.63, 3.8) is 0 Å². The van der Waals surface area contributed by atoms with Crippen molar-refractivity contribution < 1.29 is 13.5 Å². The number of aromatic amines is 1. The maximum Gasteiger partial charge on any atom is 0.268 e. The second kappa shape index (κ2) is 4.62. The van der Waals surface area contributed by atoms with Crippen molar-refractivity contribution in [3.8, 4) is 11.6 Å². The molecule has 0 aliphatic rings.